The van der Waals surface area contributed by atoms with Crippen molar-refractivity contribution in [2.45, 2.75) is 81.6 Å². The SMILES string of the molecule is C.C.C.C.C=C1Cc2c(noc2N)-c2c3c(nn2C1)CCN(C(=O)c1ccc(Cl)c(Cl)c1)C3.C=C1Cc2c(noc2NC)-c2c3c(nn2C1)CCN(C(=O)c1ccc(Cl)c(Cl)c1)C3. The molecule has 6 aromatic rings. The van der Waals surface area contributed by atoms with E-state index in [1.54, 1.807) is 48.3 Å². The third kappa shape index (κ3) is 8.73. The first-order valence-corrected chi connectivity index (χ1v) is 20.3. The van der Waals surface area contributed by atoms with Crippen LogP contribution in [0.4, 0.5) is 11.8 Å². The molecule has 4 aliphatic heterocycles. The molecule has 3 N–H and O–H groups in total. The van der Waals surface area contributed by atoms with Crippen LogP contribution in [0.1, 0.15) is 84.1 Å². The summed E-state index contributed by atoms with van der Waals surface area (Å²) in [6.07, 6.45) is 2.58. The minimum absolute atomic E-state index is 0. The van der Waals surface area contributed by atoms with Gasteiger partial charge in [-0.3, -0.25) is 19.0 Å². The Morgan fingerprint density at radius 3 is 1.56 bits per heavy atom. The highest BCUT2D eigenvalue weighted by Gasteiger charge is 2.35. The number of allylic oxidation sites excluding steroid dienone is 2. The van der Waals surface area contributed by atoms with Crippen molar-refractivity contribution >= 4 is 70.0 Å². The molecule has 0 saturated carbocycles. The van der Waals surface area contributed by atoms with E-state index in [1.165, 1.54) is 0 Å². The smallest absolute Gasteiger partial charge is 0.254 e. The van der Waals surface area contributed by atoms with Crippen LogP contribution in [-0.4, -0.2) is 71.6 Å². The van der Waals surface area contributed by atoms with Crippen LogP contribution in [-0.2, 0) is 51.9 Å². The molecule has 14 nitrogen and oxygen atoms in total. The molecule has 0 atom stereocenters. The van der Waals surface area contributed by atoms with Crippen molar-refractivity contribution in [3.05, 3.63) is 126 Å². The van der Waals surface area contributed by atoms with E-state index in [-0.39, 0.29) is 41.5 Å². The molecule has 8 heterocycles. The standard InChI is InChI=1S/C21H19Cl2N5O2.C20H17Cl2N5O2.4CH4/c1-11-7-13-18(26-30-20(13)24-2)19-14-10-27(6-5-17(14)25-28(19)9-11)21(29)12-3-4-15(22)16(23)8-12;1-10-6-12-17(25-29-19(12)23)18-13-9-26(5-4-16(13)24-27(18)8-10)20(28)11-2-3-14(21)15(22)7-11;;;;/h3-4,8,24H,1,5-7,9-10H2,2H3;2-3,7H,1,4-6,8-9,23H2;4*1H4. The Bertz CT molecular complexity index is 2750. The highest BCUT2D eigenvalue weighted by atomic mass is 35.5. The van der Waals surface area contributed by atoms with E-state index in [4.69, 9.17) is 71.4 Å². The lowest BCUT2D eigenvalue weighted by Gasteiger charge is -2.27. The number of nitrogens with one attached hydrogen (secondary N) is 1. The molecule has 0 spiro atoms. The fourth-order valence-electron chi connectivity index (χ4n) is 8.15. The Morgan fingerprint density at radius 1 is 0.651 bits per heavy atom. The number of benzene rings is 2. The number of nitrogens with zero attached hydrogens (tertiary/aromatic N) is 8. The Labute approximate surface area is 387 Å². The van der Waals surface area contributed by atoms with Gasteiger partial charge in [0.2, 0.25) is 11.8 Å². The van der Waals surface area contributed by atoms with Gasteiger partial charge in [0, 0.05) is 68.1 Å². The quantitative estimate of drug-likeness (QED) is 0.163. The van der Waals surface area contributed by atoms with E-state index < -0.39 is 0 Å². The van der Waals surface area contributed by atoms with Crippen molar-refractivity contribution < 1.29 is 18.6 Å². The zero-order valence-corrected chi connectivity index (χ0v) is 34.8. The van der Waals surface area contributed by atoms with E-state index in [0.717, 1.165) is 61.9 Å². The number of fused-ring (bicyclic) bond motifs is 10. The molecule has 0 bridgehead atoms. The average Bonchev–Trinajstić information content (AvgIpc) is 3.94. The molecule has 18 heteroatoms. The highest BCUT2D eigenvalue weighted by Crippen LogP contribution is 2.40. The van der Waals surface area contributed by atoms with Crippen molar-refractivity contribution in [2.75, 3.05) is 31.2 Å². The zero-order valence-electron chi connectivity index (χ0n) is 31.7. The van der Waals surface area contributed by atoms with Gasteiger partial charge in [0.15, 0.2) is 0 Å². The molecule has 63 heavy (non-hydrogen) atoms. The van der Waals surface area contributed by atoms with Crippen LogP contribution < -0.4 is 11.1 Å². The lowest BCUT2D eigenvalue weighted by Crippen LogP contribution is -2.36. The fraction of sp³-hybridized carbons (Fsp3) is 0.333. The summed E-state index contributed by atoms with van der Waals surface area (Å²) in [5, 5.41) is 22.7. The lowest BCUT2D eigenvalue weighted by molar-refractivity contribution is 0.0727. The van der Waals surface area contributed by atoms with Crippen molar-refractivity contribution in [1.82, 2.24) is 39.7 Å². The number of carbonyl (C=O) groups excluding carboxylic acids is 2. The number of nitrogens with two attached hydrogens (primary N) is 1. The second-order valence-electron chi connectivity index (χ2n) is 14.9. The van der Waals surface area contributed by atoms with Crippen molar-refractivity contribution in [2.24, 2.45) is 0 Å². The second-order valence-corrected chi connectivity index (χ2v) is 16.5. The van der Waals surface area contributed by atoms with Gasteiger partial charge in [0.25, 0.3) is 11.8 Å². The molecule has 0 unspecified atom stereocenters. The van der Waals surface area contributed by atoms with Crippen molar-refractivity contribution in [1.29, 1.82) is 0 Å². The summed E-state index contributed by atoms with van der Waals surface area (Å²) >= 11 is 24.2. The average molecular weight is 939 g/mol. The topological polar surface area (TPSA) is 166 Å². The van der Waals surface area contributed by atoms with Gasteiger partial charge in [-0.2, -0.15) is 10.2 Å². The summed E-state index contributed by atoms with van der Waals surface area (Å²) in [6.45, 7) is 11.5. The Kier molecular flexibility index (Phi) is 14.7. The zero-order chi connectivity index (χ0) is 41.3. The number of carbonyl (C=O) groups is 2. The maximum Gasteiger partial charge on any atom is 0.254 e. The van der Waals surface area contributed by atoms with Crippen LogP contribution in [0, 0.1) is 0 Å². The monoisotopic (exact) mass is 936 g/mol. The Hall–Kier alpha value is -5.54. The number of rotatable bonds is 3. The van der Waals surface area contributed by atoms with Crippen molar-refractivity contribution in [3.63, 3.8) is 0 Å². The molecule has 2 aromatic carbocycles. The first kappa shape index (κ1) is 48.5. The number of hydrogen-bond donors (Lipinski definition) is 2. The van der Waals surface area contributed by atoms with Crippen LogP contribution >= 0.6 is 46.4 Å². The Balaban J connectivity index is 0.000000223. The molecule has 0 fully saturated rings. The van der Waals surface area contributed by atoms with Crippen molar-refractivity contribution in [3.8, 4) is 22.8 Å². The number of aromatic nitrogens is 6. The summed E-state index contributed by atoms with van der Waals surface area (Å²) in [5.74, 6) is 0.735. The predicted molar refractivity (Wildman–Crippen MR) is 252 cm³/mol. The number of amides is 2. The van der Waals surface area contributed by atoms with E-state index in [0.29, 0.717) is 114 Å². The van der Waals surface area contributed by atoms with Gasteiger partial charge in [0.1, 0.15) is 11.4 Å². The molecule has 4 aliphatic rings. The van der Waals surface area contributed by atoms with Gasteiger partial charge in [-0.05, 0) is 36.4 Å². The van der Waals surface area contributed by atoms with Crippen LogP contribution in [0.5, 0.6) is 0 Å². The molecule has 334 valence electrons. The number of hydrogen-bond acceptors (Lipinski definition) is 10. The van der Waals surface area contributed by atoms with E-state index >= 15 is 0 Å². The third-order valence-corrected chi connectivity index (χ3v) is 12.5. The lowest BCUT2D eigenvalue weighted by atomic mass is 10.00. The number of halogens is 4. The summed E-state index contributed by atoms with van der Waals surface area (Å²) < 4.78 is 14.6. The largest absolute Gasteiger partial charge is 0.367 e. The maximum atomic E-state index is 13.1. The molecule has 10 rings (SSSR count). The highest BCUT2D eigenvalue weighted by molar-refractivity contribution is 6.42. The molecule has 0 aliphatic carbocycles. The molecule has 0 radical (unpaired) electrons. The molecule has 2 amide bonds. The fourth-order valence-corrected chi connectivity index (χ4v) is 8.75. The summed E-state index contributed by atoms with van der Waals surface area (Å²) in [7, 11) is 1.80. The molecule has 0 saturated heterocycles. The summed E-state index contributed by atoms with van der Waals surface area (Å²) in [5.41, 5.74) is 17.9. The molecule has 4 aromatic heterocycles. The van der Waals surface area contributed by atoms with E-state index in [2.05, 4.69) is 28.8 Å². The first-order valence-electron chi connectivity index (χ1n) is 18.8. The minimum Gasteiger partial charge on any atom is -0.367 e. The van der Waals surface area contributed by atoms with Crippen LogP contribution in [0.2, 0.25) is 20.1 Å². The first-order chi connectivity index (χ1) is 28.4. The van der Waals surface area contributed by atoms with Gasteiger partial charge >= 0.3 is 0 Å². The number of anilines is 2. The second kappa shape index (κ2) is 19.1. The van der Waals surface area contributed by atoms with Crippen LogP contribution in [0.3, 0.4) is 0 Å². The van der Waals surface area contributed by atoms with Gasteiger partial charge < -0.3 is 29.9 Å². The van der Waals surface area contributed by atoms with Gasteiger partial charge in [-0.25, -0.2) is 0 Å². The summed E-state index contributed by atoms with van der Waals surface area (Å²) in [6, 6.07) is 9.87. The minimum atomic E-state index is -0.105. The van der Waals surface area contributed by atoms with E-state index in [9.17, 15) is 9.59 Å². The van der Waals surface area contributed by atoms with Crippen LogP contribution in [0.25, 0.3) is 22.8 Å². The van der Waals surface area contributed by atoms with E-state index in [1.807, 2.05) is 14.3 Å². The van der Waals surface area contributed by atoms with Gasteiger partial charge in [0.05, 0.1) is 80.2 Å². The van der Waals surface area contributed by atoms with Crippen LogP contribution in [0.15, 0.2) is 69.7 Å². The normalized spacial score (nSPS) is 14.4. The third-order valence-electron chi connectivity index (χ3n) is 11.0. The molecular formula is C45H52Cl4N10O4. The Morgan fingerprint density at radius 2 is 1.10 bits per heavy atom. The number of nitrogen functional groups attached to an aromatic ring is 1. The molecular weight excluding hydrogens is 886 g/mol. The van der Waals surface area contributed by atoms with Gasteiger partial charge in [-0.15, -0.1) is 0 Å². The summed E-state index contributed by atoms with van der Waals surface area (Å²) in [4.78, 5) is 29.8. The van der Waals surface area contributed by atoms with Gasteiger partial charge in [-0.1, -0.05) is 111 Å². The maximum absolute atomic E-state index is 13.1. The predicted octanol–water partition coefficient (Wildman–Crippen LogP) is 10.5.